The number of rotatable bonds is 6. The van der Waals surface area contributed by atoms with Crippen molar-refractivity contribution < 1.29 is 4.79 Å². The largest absolute Gasteiger partial charge is 0.353 e. The number of carbonyl (C=O) groups is 1. The third kappa shape index (κ3) is 5.50. The number of carbonyl (C=O) groups excluding carboxylic acids is 1. The molecule has 0 aliphatic carbocycles. The second-order valence-electron chi connectivity index (χ2n) is 6.52. The maximum atomic E-state index is 12.4. The van der Waals surface area contributed by atoms with Gasteiger partial charge in [0.1, 0.15) is 0 Å². The maximum Gasteiger partial charge on any atom is 0.223 e. The van der Waals surface area contributed by atoms with Crippen LogP contribution in [0, 0.1) is 5.41 Å². The van der Waals surface area contributed by atoms with Gasteiger partial charge in [-0.25, -0.2) is 0 Å². The highest BCUT2D eigenvalue weighted by Gasteiger charge is 2.21. The van der Waals surface area contributed by atoms with E-state index in [0.717, 1.165) is 25.9 Å². The van der Waals surface area contributed by atoms with E-state index in [0.29, 0.717) is 6.42 Å². The fourth-order valence-corrected chi connectivity index (χ4v) is 2.06. The molecule has 108 valence electrons. The highest BCUT2D eigenvalue weighted by atomic mass is 16.2. The predicted molar refractivity (Wildman–Crippen MR) is 79.8 cm³/mol. The second kappa shape index (κ2) is 6.78. The quantitative estimate of drug-likeness (QED) is 0.771. The van der Waals surface area contributed by atoms with E-state index in [4.69, 9.17) is 0 Å². The lowest BCUT2D eigenvalue weighted by atomic mass is 9.91. The number of unbranched alkanes of at least 4 members (excludes halogenated alkanes) is 1. The summed E-state index contributed by atoms with van der Waals surface area (Å²) in [6, 6.07) is 4.12. The van der Waals surface area contributed by atoms with Crippen LogP contribution in [-0.2, 0) is 18.4 Å². The lowest BCUT2D eigenvalue weighted by Crippen LogP contribution is -2.34. The van der Waals surface area contributed by atoms with Crippen molar-refractivity contribution in [1.82, 2.24) is 9.47 Å². The Balaban J connectivity index is 2.71. The highest BCUT2D eigenvalue weighted by Crippen LogP contribution is 2.21. The van der Waals surface area contributed by atoms with Crippen LogP contribution in [0.4, 0.5) is 0 Å². The number of aryl methyl sites for hydroxylation is 1. The van der Waals surface area contributed by atoms with Crippen LogP contribution in [0.15, 0.2) is 18.3 Å². The molecule has 0 aromatic carbocycles. The minimum atomic E-state index is 0.0513. The number of nitrogens with zero attached hydrogens (tertiary/aromatic N) is 2. The highest BCUT2D eigenvalue weighted by molar-refractivity contribution is 5.76. The van der Waals surface area contributed by atoms with Crippen LogP contribution in [0.5, 0.6) is 0 Å². The summed E-state index contributed by atoms with van der Waals surface area (Å²) in [5, 5.41) is 0. The van der Waals surface area contributed by atoms with E-state index in [2.05, 4.69) is 38.3 Å². The molecule has 1 aromatic rings. The van der Waals surface area contributed by atoms with Crippen LogP contribution in [0.2, 0.25) is 0 Å². The summed E-state index contributed by atoms with van der Waals surface area (Å²) < 4.78 is 2.09. The van der Waals surface area contributed by atoms with Crippen molar-refractivity contribution in [2.24, 2.45) is 12.5 Å². The van der Waals surface area contributed by atoms with Crippen LogP contribution in [0.1, 0.15) is 52.7 Å². The van der Waals surface area contributed by atoms with Crippen molar-refractivity contribution in [3.63, 3.8) is 0 Å². The van der Waals surface area contributed by atoms with Gasteiger partial charge in [0.05, 0.1) is 6.54 Å². The molecule has 0 atom stereocenters. The van der Waals surface area contributed by atoms with E-state index in [1.165, 1.54) is 5.69 Å². The van der Waals surface area contributed by atoms with E-state index in [9.17, 15) is 4.79 Å². The van der Waals surface area contributed by atoms with Gasteiger partial charge in [0.15, 0.2) is 0 Å². The first kappa shape index (κ1) is 15.8. The summed E-state index contributed by atoms with van der Waals surface area (Å²) in [6.07, 6.45) is 4.83. The van der Waals surface area contributed by atoms with Crippen molar-refractivity contribution in [2.75, 3.05) is 6.54 Å². The summed E-state index contributed by atoms with van der Waals surface area (Å²) in [6.45, 7) is 10.1. The van der Waals surface area contributed by atoms with Gasteiger partial charge < -0.3 is 9.47 Å². The molecule has 19 heavy (non-hydrogen) atoms. The standard InChI is InChI=1S/C16H28N2O/c1-6-7-11-18(15(19)12-16(2,3)4)13-14-9-8-10-17(14)5/h8-10H,6-7,11-13H2,1-5H3. The van der Waals surface area contributed by atoms with Crippen molar-refractivity contribution in [1.29, 1.82) is 0 Å². The zero-order valence-electron chi connectivity index (χ0n) is 13.1. The summed E-state index contributed by atoms with van der Waals surface area (Å²) >= 11 is 0. The van der Waals surface area contributed by atoms with Gasteiger partial charge in [-0.3, -0.25) is 4.79 Å². The van der Waals surface area contributed by atoms with Gasteiger partial charge in [0, 0.05) is 31.9 Å². The molecule has 0 saturated carbocycles. The Morgan fingerprint density at radius 2 is 2.05 bits per heavy atom. The SMILES string of the molecule is CCCCN(Cc1cccn1C)C(=O)CC(C)(C)C. The zero-order valence-corrected chi connectivity index (χ0v) is 13.1. The molecular formula is C16H28N2O. The van der Waals surface area contributed by atoms with Gasteiger partial charge in [-0.15, -0.1) is 0 Å². The first-order valence-electron chi connectivity index (χ1n) is 7.21. The first-order chi connectivity index (χ1) is 8.83. The van der Waals surface area contributed by atoms with E-state index in [-0.39, 0.29) is 11.3 Å². The van der Waals surface area contributed by atoms with Gasteiger partial charge in [0.25, 0.3) is 0 Å². The number of hydrogen-bond acceptors (Lipinski definition) is 1. The van der Waals surface area contributed by atoms with Crippen LogP contribution >= 0.6 is 0 Å². The van der Waals surface area contributed by atoms with Gasteiger partial charge >= 0.3 is 0 Å². The molecule has 0 aliphatic rings. The lowest BCUT2D eigenvalue weighted by Gasteiger charge is -2.27. The maximum absolute atomic E-state index is 12.4. The Morgan fingerprint density at radius 1 is 1.37 bits per heavy atom. The van der Waals surface area contributed by atoms with Crippen molar-refractivity contribution in [3.05, 3.63) is 24.0 Å². The van der Waals surface area contributed by atoms with Gasteiger partial charge in [-0.2, -0.15) is 0 Å². The monoisotopic (exact) mass is 264 g/mol. The molecule has 0 saturated heterocycles. The molecule has 0 aliphatic heterocycles. The van der Waals surface area contributed by atoms with Crippen LogP contribution in [-0.4, -0.2) is 21.9 Å². The molecule has 0 spiro atoms. The Morgan fingerprint density at radius 3 is 2.53 bits per heavy atom. The average molecular weight is 264 g/mol. The Hall–Kier alpha value is -1.25. The molecule has 0 fully saturated rings. The molecular weight excluding hydrogens is 236 g/mol. The molecule has 0 radical (unpaired) electrons. The molecule has 1 rings (SSSR count). The molecule has 1 aromatic heterocycles. The third-order valence-electron chi connectivity index (χ3n) is 3.22. The van der Waals surface area contributed by atoms with E-state index in [1.54, 1.807) is 0 Å². The molecule has 1 amide bonds. The first-order valence-corrected chi connectivity index (χ1v) is 7.21. The minimum Gasteiger partial charge on any atom is -0.353 e. The van der Waals surface area contributed by atoms with E-state index in [1.807, 2.05) is 24.2 Å². The Bertz CT molecular complexity index is 401. The van der Waals surface area contributed by atoms with Gasteiger partial charge in [0.2, 0.25) is 5.91 Å². The Kier molecular flexibility index (Phi) is 5.64. The molecule has 0 N–H and O–H groups in total. The van der Waals surface area contributed by atoms with Crippen LogP contribution < -0.4 is 0 Å². The smallest absolute Gasteiger partial charge is 0.223 e. The molecule has 0 bridgehead atoms. The fourth-order valence-electron chi connectivity index (χ4n) is 2.06. The number of amides is 1. The topological polar surface area (TPSA) is 25.2 Å². The van der Waals surface area contributed by atoms with Gasteiger partial charge in [-0.05, 0) is 24.0 Å². The van der Waals surface area contributed by atoms with E-state index < -0.39 is 0 Å². The Labute approximate surface area is 117 Å². The van der Waals surface area contributed by atoms with Crippen LogP contribution in [0.3, 0.4) is 0 Å². The number of aromatic nitrogens is 1. The summed E-state index contributed by atoms with van der Waals surface area (Å²) in [4.78, 5) is 14.4. The van der Waals surface area contributed by atoms with Crippen molar-refractivity contribution in [2.45, 2.75) is 53.5 Å². The van der Waals surface area contributed by atoms with Crippen molar-refractivity contribution >= 4 is 5.91 Å². The lowest BCUT2D eigenvalue weighted by molar-refractivity contribution is -0.133. The number of hydrogen-bond donors (Lipinski definition) is 0. The summed E-state index contributed by atoms with van der Waals surface area (Å²) in [5.74, 6) is 0.266. The summed E-state index contributed by atoms with van der Waals surface area (Å²) in [5.41, 5.74) is 1.24. The third-order valence-corrected chi connectivity index (χ3v) is 3.22. The normalized spacial score (nSPS) is 11.6. The fraction of sp³-hybridized carbons (Fsp3) is 0.688. The van der Waals surface area contributed by atoms with Crippen LogP contribution in [0.25, 0.3) is 0 Å². The van der Waals surface area contributed by atoms with E-state index >= 15 is 0 Å². The van der Waals surface area contributed by atoms with Crippen molar-refractivity contribution in [3.8, 4) is 0 Å². The molecule has 3 nitrogen and oxygen atoms in total. The minimum absolute atomic E-state index is 0.0513. The molecule has 0 unspecified atom stereocenters. The average Bonchev–Trinajstić information content (AvgIpc) is 2.67. The second-order valence-corrected chi connectivity index (χ2v) is 6.52. The van der Waals surface area contributed by atoms with Gasteiger partial charge in [-0.1, -0.05) is 34.1 Å². The molecule has 1 heterocycles. The summed E-state index contributed by atoms with van der Waals surface area (Å²) in [7, 11) is 2.03. The predicted octanol–water partition coefficient (Wildman–Crippen LogP) is 3.59. The molecule has 3 heteroatoms. The zero-order chi connectivity index (χ0) is 14.5.